The van der Waals surface area contributed by atoms with Gasteiger partial charge >= 0.3 is 0 Å². The molecular formula is C11H17N3. The molecule has 0 fully saturated rings. The zero-order valence-electron chi connectivity index (χ0n) is 8.83. The van der Waals surface area contributed by atoms with Crippen LogP contribution in [0.3, 0.4) is 0 Å². The summed E-state index contributed by atoms with van der Waals surface area (Å²) in [5.41, 5.74) is 1.06. The normalized spacial score (nSPS) is 12.1. The van der Waals surface area contributed by atoms with Crippen molar-refractivity contribution in [3.63, 3.8) is 0 Å². The Kier molecular flexibility index (Phi) is 4.11. The molecule has 0 aliphatic carbocycles. The molecule has 0 saturated carbocycles. The zero-order valence-corrected chi connectivity index (χ0v) is 8.83. The molecule has 1 aromatic heterocycles. The quantitative estimate of drug-likeness (QED) is 0.726. The number of anilines is 1. The molecule has 0 radical (unpaired) electrons. The first-order chi connectivity index (χ1) is 6.76. The van der Waals surface area contributed by atoms with Crippen molar-refractivity contribution in [2.75, 3.05) is 5.32 Å². The second kappa shape index (κ2) is 5.37. The lowest BCUT2D eigenvalue weighted by atomic mass is 10.2. The molecule has 1 N–H and O–H groups in total. The van der Waals surface area contributed by atoms with Gasteiger partial charge in [-0.25, -0.2) is 9.97 Å². The highest BCUT2D eigenvalue weighted by Crippen LogP contribution is 2.07. The molecule has 0 spiro atoms. The lowest BCUT2D eigenvalue weighted by Gasteiger charge is -2.12. The minimum absolute atomic E-state index is 0.368. The maximum Gasteiger partial charge on any atom is 0.129 e. The van der Waals surface area contributed by atoms with E-state index in [-0.39, 0.29) is 0 Å². The van der Waals surface area contributed by atoms with Gasteiger partial charge in [0.15, 0.2) is 0 Å². The molecule has 76 valence electrons. The van der Waals surface area contributed by atoms with Gasteiger partial charge in [0.1, 0.15) is 12.1 Å². The number of hydrogen-bond acceptors (Lipinski definition) is 3. The summed E-state index contributed by atoms with van der Waals surface area (Å²) < 4.78 is 0. The fraction of sp³-hybridized carbons (Fsp3) is 0.455. The Morgan fingerprint density at radius 3 is 3.00 bits per heavy atom. The highest BCUT2D eigenvalue weighted by atomic mass is 15.0. The molecule has 1 rings (SSSR count). The smallest absolute Gasteiger partial charge is 0.129 e. The average Bonchev–Trinajstić information content (AvgIpc) is 2.18. The Morgan fingerprint density at radius 1 is 1.57 bits per heavy atom. The topological polar surface area (TPSA) is 37.8 Å². The van der Waals surface area contributed by atoms with E-state index in [4.69, 9.17) is 0 Å². The fourth-order valence-electron chi connectivity index (χ4n) is 1.23. The molecule has 0 aliphatic rings. The third kappa shape index (κ3) is 3.17. The first-order valence-corrected chi connectivity index (χ1v) is 4.94. The highest BCUT2D eigenvalue weighted by Gasteiger charge is 2.01. The van der Waals surface area contributed by atoms with Crippen LogP contribution in [-0.2, 0) is 6.42 Å². The number of nitrogens with zero attached hydrogens (tertiary/aromatic N) is 2. The molecule has 0 aromatic carbocycles. The maximum atomic E-state index is 4.15. The van der Waals surface area contributed by atoms with Crippen LogP contribution in [0.1, 0.15) is 26.0 Å². The number of rotatable bonds is 5. The van der Waals surface area contributed by atoms with E-state index in [2.05, 4.69) is 35.7 Å². The summed E-state index contributed by atoms with van der Waals surface area (Å²) in [6.45, 7) is 7.89. The molecule has 3 nitrogen and oxygen atoms in total. The third-order valence-electron chi connectivity index (χ3n) is 2.00. The number of nitrogens with one attached hydrogen (secondary N) is 1. The lowest BCUT2D eigenvalue weighted by molar-refractivity contribution is 0.804. The maximum absolute atomic E-state index is 4.15. The van der Waals surface area contributed by atoms with Crippen molar-refractivity contribution >= 4 is 5.82 Å². The second-order valence-electron chi connectivity index (χ2n) is 3.32. The molecule has 1 atom stereocenters. The van der Waals surface area contributed by atoms with Crippen molar-refractivity contribution in [1.29, 1.82) is 0 Å². The van der Waals surface area contributed by atoms with E-state index in [1.807, 2.05) is 12.1 Å². The van der Waals surface area contributed by atoms with Gasteiger partial charge < -0.3 is 5.32 Å². The van der Waals surface area contributed by atoms with Crippen molar-refractivity contribution in [2.24, 2.45) is 0 Å². The summed E-state index contributed by atoms with van der Waals surface area (Å²) in [6.07, 6.45) is 5.37. The molecule has 3 heteroatoms. The van der Waals surface area contributed by atoms with Gasteiger partial charge in [-0.3, -0.25) is 0 Å². The lowest BCUT2D eigenvalue weighted by Crippen LogP contribution is -2.15. The standard InChI is InChI=1S/C11H17N3/c1-4-6-9(3)14-11-7-10(5-2)12-8-13-11/h4,7-9H,1,5-6H2,2-3H3,(H,12,13,14). The van der Waals surface area contributed by atoms with Gasteiger partial charge in [0.25, 0.3) is 0 Å². The molecule has 0 aliphatic heterocycles. The van der Waals surface area contributed by atoms with Crippen molar-refractivity contribution in [2.45, 2.75) is 32.7 Å². The fourth-order valence-corrected chi connectivity index (χ4v) is 1.23. The van der Waals surface area contributed by atoms with Crippen LogP contribution < -0.4 is 5.32 Å². The van der Waals surface area contributed by atoms with Crippen LogP contribution in [0.2, 0.25) is 0 Å². The van der Waals surface area contributed by atoms with Crippen LogP contribution in [0.25, 0.3) is 0 Å². The molecule has 0 bridgehead atoms. The number of aromatic nitrogens is 2. The van der Waals surface area contributed by atoms with Crippen LogP contribution in [0.4, 0.5) is 5.82 Å². The highest BCUT2D eigenvalue weighted by molar-refractivity contribution is 5.35. The summed E-state index contributed by atoms with van der Waals surface area (Å²) in [5.74, 6) is 0.895. The molecule has 14 heavy (non-hydrogen) atoms. The van der Waals surface area contributed by atoms with Crippen LogP contribution in [0.5, 0.6) is 0 Å². The minimum Gasteiger partial charge on any atom is -0.367 e. The van der Waals surface area contributed by atoms with E-state index in [1.165, 1.54) is 0 Å². The van der Waals surface area contributed by atoms with Crippen LogP contribution in [0.15, 0.2) is 25.0 Å². The van der Waals surface area contributed by atoms with Crippen molar-refractivity contribution < 1.29 is 0 Å². The molecule has 1 aromatic rings. The van der Waals surface area contributed by atoms with E-state index in [0.717, 1.165) is 24.4 Å². The van der Waals surface area contributed by atoms with Crippen LogP contribution >= 0.6 is 0 Å². The van der Waals surface area contributed by atoms with Gasteiger partial charge in [0.2, 0.25) is 0 Å². The summed E-state index contributed by atoms with van der Waals surface area (Å²) in [7, 11) is 0. The van der Waals surface area contributed by atoms with Gasteiger partial charge in [-0.15, -0.1) is 6.58 Å². The van der Waals surface area contributed by atoms with Gasteiger partial charge in [-0.1, -0.05) is 13.0 Å². The predicted molar refractivity (Wildman–Crippen MR) is 59.3 cm³/mol. The van der Waals surface area contributed by atoms with Crippen molar-refractivity contribution in [3.05, 3.63) is 30.7 Å². The first-order valence-electron chi connectivity index (χ1n) is 4.94. The van der Waals surface area contributed by atoms with Gasteiger partial charge in [-0.2, -0.15) is 0 Å². The third-order valence-corrected chi connectivity index (χ3v) is 2.00. The van der Waals surface area contributed by atoms with Gasteiger partial charge in [0, 0.05) is 17.8 Å². The molecule has 1 heterocycles. The van der Waals surface area contributed by atoms with Crippen LogP contribution in [0, 0.1) is 0 Å². The summed E-state index contributed by atoms with van der Waals surface area (Å²) in [6, 6.07) is 2.35. The zero-order chi connectivity index (χ0) is 10.4. The summed E-state index contributed by atoms with van der Waals surface area (Å²) in [4.78, 5) is 8.29. The van der Waals surface area contributed by atoms with Crippen molar-refractivity contribution in [1.82, 2.24) is 9.97 Å². The second-order valence-corrected chi connectivity index (χ2v) is 3.32. The molecule has 1 unspecified atom stereocenters. The Bertz CT molecular complexity index is 296. The summed E-state index contributed by atoms with van der Waals surface area (Å²) in [5, 5.41) is 3.30. The monoisotopic (exact) mass is 191 g/mol. The van der Waals surface area contributed by atoms with E-state index in [1.54, 1.807) is 6.33 Å². The Hall–Kier alpha value is -1.38. The van der Waals surface area contributed by atoms with Gasteiger partial charge in [-0.05, 0) is 19.8 Å². The molecule has 0 saturated heterocycles. The van der Waals surface area contributed by atoms with E-state index >= 15 is 0 Å². The SMILES string of the molecule is C=CCC(C)Nc1cc(CC)ncn1. The van der Waals surface area contributed by atoms with Crippen LogP contribution in [-0.4, -0.2) is 16.0 Å². The van der Waals surface area contributed by atoms with E-state index in [9.17, 15) is 0 Å². The molecular weight excluding hydrogens is 174 g/mol. The first kappa shape index (κ1) is 10.7. The minimum atomic E-state index is 0.368. The summed E-state index contributed by atoms with van der Waals surface area (Å²) >= 11 is 0. The van der Waals surface area contributed by atoms with Gasteiger partial charge in [0.05, 0.1) is 0 Å². The van der Waals surface area contributed by atoms with Crippen molar-refractivity contribution in [3.8, 4) is 0 Å². The van der Waals surface area contributed by atoms with E-state index < -0.39 is 0 Å². The average molecular weight is 191 g/mol. The molecule has 0 amide bonds. The number of hydrogen-bond donors (Lipinski definition) is 1. The van der Waals surface area contributed by atoms with E-state index in [0.29, 0.717) is 6.04 Å². The number of aryl methyl sites for hydroxylation is 1. The Balaban J connectivity index is 2.61. The Morgan fingerprint density at radius 2 is 2.36 bits per heavy atom. The largest absolute Gasteiger partial charge is 0.367 e. The predicted octanol–water partition coefficient (Wildman–Crippen LogP) is 2.42. The Labute approximate surface area is 85.3 Å².